The molecular weight excluding hydrogens is 316 g/mol. The van der Waals surface area contributed by atoms with Crippen molar-refractivity contribution >= 4 is 10.0 Å². The van der Waals surface area contributed by atoms with Crippen LogP contribution in [0.25, 0.3) is 0 Å². The molecule has 0 bridgehead atoms. The lowest BCUT2D eigenvalue weighted by atomic mass is 10.1. The number of fused-ring (bicyclic) bond motifs is 1. The second-order valence-corrected chi connectivity index (χ2v) is 8.38. The average molecular weight is 340 g/mol. The van der Waals surface area contributed by atoms with E-state index in [9.17, 15) is 8.42 Å². The highest BCUT2D eigenvalue weighted by Gasteiger charge is 2.29. The van der Waals surface area contributed by atoms with Crippen molar-refractivity contribution in [2.24, 2.45) is 5.92 Å². The smallest absolute Gasteiger partial charge is 0.243 e. The van der Waals surface area contributed by atoms with E-state index < -0.39 is 10.0 Å². The van der Waals surface area contributed by atoms with Gasteiger partial charge in [-0.1, -0.05) is 13.8 Å². The summed E-state index contributed by atoms with van der Waals surface area (Å²) in [5.41, 5.74) is 0. The molecule has 0 spiro atoms. The van der Waals surface area contributed by atoms with E-state index in [1.54, 1.807) is 22.5 Å². The summed E-state index contributed by atoms with van der Waals surface area (Å²) >= 11 is 0. The molecule has 7 heteroatoms. The molecule has 0 radical (unpaired) electrons. The quantitative estimate of drug-likeness (QED) is 0.817. The van der Waals surface area contributed by atoms with Crippen molar-refractivity contribution in [3.63, 3.8) is 0 Å². The normalized spacial score (nSPS) is 19.4. The van der Waals surface area contributed by atoms with Gasteiger partial charge in [0, 0.05) is 32.2 Å². The van der Waals surface area contributed by atoms with Gasteiger partial charge in [-0.25, -0.2) is 8.42 Å². The zero-order chi connectivity index (χ0) is 16.4. The Morgan fingerprint density at radius 2 is 1.78 bits per heavy atom. The van der Waals surface area contributed by atoms with Gasteiger partial charge in [0.15, 0.2) is 11.5 Å². The standard InChI is InChI=1S/C16H24N2O4S/c1-13(2)5-6-17-7-9-18(10-8-17)23(19,20)14-3-4-15-16(11-14)22-12-21-15/h3-4,11,13H,5-10,12H2,1-2H3. The molecule has 0 N–H and O–H groups in total. The predicted octanol–water partition coefficient (Wildman–Crippen LogP) is 1.77. The van der Waals surface area contributed by atoms with Crippen LogP contribution in [-0.4, -0.2) is 57.1 Å². The number of hydrogen-bond acceptors (Lipinski definition) is 5. The molecule has 0 amide bonds. The summed E-state index contributed by atoms with van der Waals surface area (Å²) in [7, 11) is -3.47. The minimum atomic E-state index is -3.47. The SMILES string of the molecule is CC(C)CCN1CCN(S(=O)(=O)c2ccc3c(c2)OCO3)CC1. The molecule has 1 aromatic rings. The van der Waals surface area contributed by atoms with Crippen LogP contribution >= 0.6 is 0 Å². The third-order valence-corrected chi connectivity index (χ3v) is 6.23. The van der Waals surface area contributed by atoms with Crippen LogP contribution in [0.5, 0.6) is 11.5 Å². The van der Waals surface area contributed by atoms with Crippen LogP contribution in [-0.2, 0) is 10.0 Å². The third-order valence-electron chi connectivity index (χ3n) is 4.34. The van der Waals surface area contributed by atoms with Gasteiger partial charge in [-0.2, -0.15) is 4.31 Å². The molecule has 1 aromatic carbocycles. The predicted molar refractivity (Wildman–Crippen MR) is 87.2 cm³/mol. The fourth-order valence-corrected chi connectivity index (χ4v) is 4.26. The molecule has 0 atom stereocenters. The van der Waals surface area contributed by atoms with Crippen LogP contribution in [0.3, 0.4) is 0 Å². The molecule has 1 fully saturated rings. The topological polar surface area (TPSA) is 59.1 Å². The van der Waals surface area contributed by atoms with Crippen LogP contribution in [0, 0.1) is 5.92 Å². The molecule has 2 heterocycles. The maximum Gasteiger partial charge on any atom is 0.243 e. The van der Waals surface area contributed by atoms with E-state index in [4.69, 9.17) is 9.47 Å². The summed E-state index contributed by atoms with van der Waals surface area (Å²) in [6, 6.07) is 4.81. The van der Waals surface area contributed by atoms with Crippen molar-refractivity contribution in [1.82, 2.24) is 9.21 Å². The Hall–Kier alpha value is -1.31. The van der Waals surface area contributed by atoms with Crippen molar-refractivity contribution in [2.75, 3.05) is 39.5 Å². The zero-order valence-electron chi connectivity index (χ0n) is 13.7. The van der Waals surface area contributed by atoms with E-state index in [1.807, 2.05) is 0 Å². The minimum absolute atomic E-state index is 0.146. The van der Waals surface area contributed by atoms with Gasteiger partial charge in [0.2, 0.25) is 16.8 Å². The van der Waals surface area contributed by atoms with Gasteiger partial charge in [0.25, 0.3) is 0 Å². The average Bonchev–Trinajstić information content (AvgIpc) is 3.01. The summed E-state index contributed by atoms with van der Waals surface area (Å²) in [6.07, 6.45) is 1.15. The molecule has 0 unspecified atom stereocenters. The first-order valence-corrected chi connectivity index (χ1v) is 9.53. The molecule has 0 saturated carbocycles. The second kappa shape index (κ2) is 6.67. The first-order chi connectivity index (χ1) is 11.0. The number of hydrogen-bond donors (Lipinski definition) is 0. The molecule has 2 aliphatic heterocycles. The number of nitrogens with zero attached hydrogens (tertiary/aromatic N) is 2. The van der Waals surface area contributed by atoms with Crippen molar-refractivity contribution < 1.29 is 17.9 Å². The maximum atomic E-state index is 12.8. The van der Waals surface area contributed by atoms with Gasteiger partial charge in [-0.05, 0) is 31.0 Å². The molecule has 0 aliphatic carbocycles. The summed E-state index contributed by atoms with van der Waals surface area (Å²) in [4.78, 5) is 2.61. The number of ether oxygens (including phenoxy) is 2. The first-order valence-electron chi connectivity index (χ1n) is 8.09. The third kappa shape index (κ3) is 3.62. The molecular formula is C16H24N2O4S. The van der Waals surface area contributed by atoms with Crippen LogP contribution in [0.15, 0.2) is 23.1 Å². The summed E-state index contributed by atoms with van der Waals surface area (Å²) in [6.45, 7) is 8.25. The van der Waals surface area contributed by atoms with Crippen molar-refractivity contribution in [3.05, 3.63) is 18.2 Å². The Morgan fingerprint density at radius 3 is 2.48 bits per heavy atom. The molecule has 6 nitrogen and oxygen atoms in total. The van der Waals surface area contributed by atoms with Gasteiger partial charge < -0.3 is 14.4 Å². The molecule has 3 rings (SSSR count). The highest BCUT2D eigenvalue weighted by Crippen LogP contribution is 2.34. The molecule has 1 saturated heterocycles. The van der Waals surface area contributed by atoms with Gasteiger partial charge in [-0.3, -0.25) is 0 Å². The highest BCUT2D eigenvalue weighted by molar-refractivity contribution is 7.89. The minimum Gasteiger partial charge on any atom is -0.454 e. The molecule has 23 heavy (non-hydrogen) atoms. The highest BCUT2D eigenvalue weighted by atomic mass is 32.2. The largest absolute Gasteiger partial charge is 0.454 e. The van der Waals surface area contributed by atoms with E-state index in [0.29, 0.717) is 30.5 Å². The van der Waals surface area contributed by atoms with E-state index in [2.05, 4.69) is 18.7 Å². The van der Waals surface area contributed by atoms with Gasteiger partial charge in [0.05, 0.1) is 4.90 Å². The Morgan fingerprint density at radius 1 is 1.09 bits per heavy atom. The maximum absolute atomic E-state index is 12.8. The Bertz CT molecular complexity index is 652. The summed E-state index contributed by atoms with van der Waals surface area (Å²) in [5, 5.41) is 0. The van der Waals surface area contributed by atoms with E-state index in [0.717, 1.165) is 26.1 Å². The van der Waals surface area contributed by atoms with Crippen molar-refractivity contribution in [3.8, 4) is 11.5 Å². The molecule has 2 aliphatic rings. The summed E-state index contributed by atoms with van der Waals surface area (Å²) < 4.78 is 37.6. The zero-order valence-corrected chi connectivity index (χ0v) is 14.5. The number of piperazine rings is 1. The fourth-order valence-electron chi connectivity index (χ4n) is 2.82. The van der Waals surface area contributed by atoms with E-state index in [1.165, 1.54) is 0 Å². The van der Waals surface area contributed by atoms with Crippen LogP contribution < -0.4 is 9.47 Å². The van der Waals surface area contributed by atoms with Gasteiger partial charge >= 0.3 is 0 Å². The lowest BCUT2D eigenvalue weighted by Crippen LogP contribution is -2.48. The van der Waals surface area contributed by atoms with Gasteiger partial charge in [-0.15, -0.1) is 0 Å². The number of sulfonamides is 1. The van der Waals surface area contributed by atoms with Crippen molar-refractivity contribution in [2.45, 2.75) is 25.2 Å². The van der Waals surface area contributed by atoms with Crippen LogP contribution in [0.4, 0.5) is 0 Å². The van der Waals surface area contributed by atoms with E-state index >= 15 is 0 Å². The second-order valence-electron chi connectivity index (χ2n) is 6.44. The first kappa shape index (κ1) is 16.5. The number of rotatable bonds is 5. The van der Waals surface area contributed by atoms with Crippen LogP contribution in [0.2, 0.25) is 0 Å². The van der Waals surface area contributed by atoms with Gasteiger partial charge in [0.1, 0.15) is 0 Å². The van der Waals surface area contributed by atoms with E-state index in [-0.39, 0.29) is 11.7 Å². The molecule has 128 valence electrons. The fraction of sp³-hybridized carbons (Fsp3) is 0.625. The Balaban J connectivity index is 1.65. The number of benzene rings is 1. The Labute approximate surface area is 138 Å². The lowest BCUT2D eigenvalue weighted by molar-refractivity contribution is 0.173. The monoisotopic (exact) mass is 340 g/mol. The van der Waals surface area contributed by atoms with Crippen LogP contribution in [0.1, 0.15) is 20.3 Å². The lowest BCUT2D eigenvalue weighted by Gasteiger charge is -2.34. The Kier molecular flexibility index (Phi) is 4.79. The van der Waals surface area contributed by atoms with Crippen molar-refractivity contribution in [1.29, 1.82) is 0 Å². The molecule has 0 aromatic heterocycles. The summed E-state index contributed by atoms with van der Waals surface area (Å²) in [5.74, 6) is 1.77.